The largest absolute Gasteiger partial charge is 0.497 e. The van der Waals surface area contributed by atoms with Crippen molar-refractivity contribution >= 4 is 16.7 Å². The van der Waals surface area contributed by atoms with Crippen LogP contribution in [0.5, 0.6) is 5.75 Å². The molecule has 116 valence electrons. The van der Waals surface area contributed by atoms with Gasteiger partial charge >= 0.3 is 5.97 Å². The fourth-order valence-corrected chi connectivity index (χ4v) is 2.87. The molecule has 0 aromatic heterocycles. The predicted octanol–water partition coefficient (Wildman–Crippen LogP) is 4.70. The number of ether oxygens (including phenoxy) is 1. The first-order valence-corrected chi connectivity index (χ1v) is 7.50. The van der Waals surface area contributed by atoms with E-state index in [1.165, 1.54) is 0 Å². The summed E-state index contributed by atoms with van der Waals surface area (Å²) in [6.07, 6.45) is 0. The van der Waals surface area contributed by atoms with E-state index >= 15 is 0 Å². The van der Waals surface area contributed by atoms with Gasteiger partial charge in [0.1, 0.15) is 5.75 Å². The monoisotopic (exact) mass is 306 g/mol. The average molecular weight is 306 g/mol. The van der Waals surface area contributed by atoms with Crippen LogP contribution in [0.3, 0.4) is 0 Å². The summed E-state index contributed by atoms with van der Waals surface area (Å²) in [6.45, 7) is 1.72. The quantitative estimate of drug-likeness (QED) is 0.759. The highest BCUT2D eigenvalue weighted by Crippen LogP contribution is 2.37. The first kappa shape index (κ1) is 15.1. The van der Waals surface area contributed by atoms with Gasteiger partial charge in [-0.25, -0.2) is 0 Å². The Labute approximate surface area is 135 Å². The molecule has 0 aliphatic heterocycles. The first-order chi connectivity index (χ1) is 11.1. The number of methoxy groups -OCH3 is 1. The Balaban J connectivity index is 2.34. The van der Waals surface area contributed by atoms with Crippen LogP contribution < -0.4 is 4.74 Å². The van der Waals surface area contributed by atoms with Crippen LogP contribution in [0.4, 0.5) is 0 Å². The standard InChI is InChI=1S/C20H18O3/c1-13(20(21)22)17-10-8-15-12-16(23-2)9-11-18(15)19(17)14-6-4-3-5-7-14/h3-13H,1-2H3,(H,21,22)/t13-/m0/s1. The molecule has 3 aromatic carbocycles. The molecule has 3 rings (SSSR count). The third kappa shape index (κ3) is 2.78. The van der Waals surface area contributed by atoms with Gasteiger partial charge in [0.15, 0.2) is 0 Å². The molecule has 3 nitrogen and oxygen atoms in total. The summed E-state index contributed by atoms with van der Waals surface area (Å²) in [7, 11) is 1.64. The molecular formula is C20H18O3. The molecule has 0 fully saturated rings. The molecule has 0 saturated carbocycles. The van der Waals surface area contributed by atoms with Gasteiger partial charge in [0.2, 0.25) is 0 Å². The van der Waals surface area contributed by atoms with Gasteiger partial charge in [0.25, 0.3) is 0 Å². The fraction of sp³-hybridized carbons (Fsp3) is 0.150. The first-order valence-electron chi connectivity index (χ1n) is 7.50. The van der Waals surface area contributed by atoms with Gasteiger partial charge in [-0.2, -0.15) is 0 Å². The van der Waals surface area contributed by atoms with E-state index in [2.05, 4.69) is 0 Å². The summed E-state index contributed by atoms with van der Waals surface area (Å²) in [4.78, 5) is 11.5. The fourth-order valence-electron chi connectivity index (χ4n) is 2.87. The number of carboxylic acid groups (broad SMARTS) is 1. The molecule has 0 amide bonds. The van der Waals surface area contributed by atoms with Crippen molar-refractivity contribution in [2.45, 2.75) is 12.8 Å². The van der Waals surface area contributed by atoms with E-state index in [9.17, 15) is 9.90 Å². The molecule has 0 aliphatic carbocycles. The van der Waals surface area contributed by atoms with Crippen molar-refractivity contribution in [3.63, 3.8) is 0 Å². The molecular weight excluding hydrogens is 288 g/mol. The summed E-state index contributed by atoms with van der Waals surface area (Å²) < 4.78 is 5.29. The zero-order valence-electron chi connectivity index (χ0n) is 13.1. The van der Waals surface area contributed by atoms with E-state index in [1.54, 1.807) is 14.0 Å². The Bertz CT molecular complexity index is 853. The molecule has 0 saturated heterocycles. The lowest BCUT2D eigenvalue weighted by molar-refractivity contribution is -0.138. The summed E-state index contributed by atoms with van der Waals surface area (Å²) in [5.74, 6) is -0.609. The van der Waals surface area contributed by atoms with Gasteiger partial charge in [0, 0.05) is 0 Å². The smallest absolute Gasteiger partial charge is 0.310 e. The maximum Gasteiger partial charge on any atom is 0.310 e. The van der Waals surface area contributed by atoms with Crippen molar-refractivity contribution in [1.82, 2.24) is 0 Å². The number of benzene rings is 3. The number of aliphatic carboxylic acids is 1. The van der Waals surface area contributed by atoms with E-state index in [4.69, 9.17) is 4.74 Å². The molecule has 1 atom stereocenters. The average Bonchev–Trinajstić information content (AvgIpc) is 2.60. The van der Waals surface area contributed by atoms with Gasteiger partial charge in [-0.3, -0.25) is 4.79 Å². The van der Waals surface area contributed by atoms with Crippen LogP contribution >= 0.6 is 0 Å². The second-order valence-corrected chi connectivity index (χ2v) is 5.54. The van der Waals surface area contributed by atoms with Crippen LogP contribution in [0.2, 0.25) is 0 Å². The molecule has 0 aliphatic rings. The van der Waals surface area contributed by atoms with Gasteiger partial charge in [-0.15, -0.1) is 0 Å². The third-order valence-corrected chi connectivity index (χ3v) is 4.16. The second kappa shape index (κ2) is 6.13. The minimum Gasteiger partial charge on any atom is -0.497 e. The third-order valence-electron chi connectivity index (χ3n) is 4.16. The van der Waals surface area contributed by atoms with E-state index in [0.29, 0.717) is 0 Å². The van der Waals surface area contributed by atoms with Crippen LogP contribution in [-0.4, -0.2) is 18.2 Å². The Morgan fingerprint density at radius 2 is 1.78 bits per heavy atom. The van der Waals surface area contributed by atoms with Crippen molar-refractivity contribution in [3.8, 4) is 16.9 Å². The molecule has 0 heterocycles. The highest BCUT2D eigenvalue weighted by Gasteiger charge is 2.20. The lowest BCUT2D eigenvalue weighted by Gasteiger charge is -2.17. The second-order valence-electron chi connectivity index (χ2n) is 5.54. The van der Waals surface area contributed by atoms with Crippen molar-refractivity contribution in [2.75, 3.05) is 7.11 Å². The number of rotatable bonds is 4. The molecule has 0 radical (unpaired) electrons. The molecule has 0 spiro atoms. The van der Waals surface area contributed by atoms with Crippen LogP contribution in [0.25, 0.3) is 21.9 Å². The summed E-state index contributed by atoms with van der Waals surface area (Å²) >= 11 is 0. The summed E-state index contributed by atoms with van der Waals surface area (Å²) in [5.41, 5.74) is 2.81. The zero-order chi connectivity index (χ0) is 16.4. The van der Waals surface area contributed by atoms with Crippen LogP contribution in [0.15, 0.2) is 60.7 Å². The van der Waals surface area contributed by atoms with Crippen molar-refractivity contribution < 1.29 is 14.6 Å². The maximum absolute atomic E-state index is 11.5. The minimum atomic E-state index is -0.824. The number of carboxylic acids is 1. The van der Waals surface area contributed by atoms with Crippen LogP contribution in [0.1, 0.15) is 18.4 Å². The topological polar surface area (TPSA) is 46.5 Å². The molecule has 0 unspecified atom stereocenters. The number of hydrogen-bond donors (Lipinski definition) is 1. The number of fused-ring (bicyclic) bond motifs is 1. The molecule has 1 N–H and O–H groups in total. The molecule has 0 bridgehead atoms. The Morgan fingerprint density at radius 1 is 1.04 bits per heavy atom. The van der Waals surface area contributed by atoms with E-state index in [1.807, 2.05) is 60.7 Å². The maximum atomic E-state index is 11.5. The lowest BCUT2D eigenvalue weighted by atomic mass is 9.87. The van der Waals surface area contributed by atoms with Gasteiger partial charge in [-0.1, -0.05) is 48.5 Å². The Hall–Kier alpha value is -2.81. The summed E-state index contributed by atoms with van der Waals surface area (Å²) in [5, 5.41) is 11.5. The van der Waals surface area contributed by atoms with Crippen LogP contribution in [0, 0.1) is 0 Å². The van der Waals surface area contributed by atoms with Gasteiger partial charge in [0.05, 0.1) is 13.0 Å². The van der Waals surface area contributed by atoms with E-state index in [-0.39, 0.29) is 0 Å². The highest BCUT2D eigenvalue weighted by molar-refractivity contribution is 6.00. The molecule has 3 heteroatoms. The number of carbonyl (C=O) groups is 1. The highest BCUT2D eigenvalue weighted by atomic mass is 16.5. The van der Waals surface area contributed by atoms with E-state index in [0.717, 1.165) is 33.2 Å². The summed E-state index contributed by atoms with van der Waals surface area (Å²) in [6, 6.07) is 19.6. The SMILES string of the molecule is COc1ccc2c(-c3ccccc3)c([C@H](C)C(=O)O)ccc2c1. The van der Waals surface area contributed by atoms with E-state index < -0.39 is 11.9 Å². The van der Waals surface area contributed by atoms with Crippen molar-refractivity contribution in [3.05, 3.63) is 66.2 Å². The van der Waals surface area contributed by atoms with Gasteiger partial charge < -0.3 is 9.84 Å². The number of hydrogen-bond acceptors (Lipinski definition) is 2. The molecule has 3 aromatic rings. The zero-order valence-corrected chi connectivity index (χ0v) is 13.1. The molecule has 23 heavy (non-hydrogen) atoms. The Morgan fingerprint density at radius 3 is 2.43 bits per heavy atom. The van der Waals surface area contributed by atoms with Crippen LogP contribution in [-0.2, 0) is 4.79 Å². The minimum absolute atomic E-state index is 0.572. The predicted molar refractivity (Wildman–Crippen MR) is 92.0 cm³/mol. The van der Waals surface area contributed by atoms with Gasteiger partial charge in [-0.05, 0) is 46.5 Å². The van der Waals surface area contributed by atoms with Crippen molar-refractivity contribution in [2.24, 2.45) is 0 Å². The lowest BCUT2D eigenvalue weighted by Crippen LogP contribution is -2.09. The van der Waals surface area contributed by atoms with Crippen molar-refractivity contribution in [1.29, 1.82) is 0 Å². The Kier molecular flexibility index (Phi) is 4.02. The normalized spacial score (nSPS) is 12.1.